The van der Waals surface area contributed by atoms with E-state index in [9.17, 15) is 8.78 Å². The summed E-state index contributed by atoms with van der Waals surface area (Å²) in [4.78, 5) is 8.54. The van der Waals surface area contributed by atoms with Crippen molar-refractivity contribution in [2.75, 3.05) is 5.32 Å². The number of rotatable bonds is 6. The van der Waals surface area contributed by atoms with E-state index in [1.54, 1.807) is 31.3 Å². The van der Waals surface area contributed by atoms with Gasteiger partial charge in [-0.3, -0.25) is 0 Å². The van der Waals surface area contributed by atoms with Crippen LogP contribution in [0.1, 0.15) is 24.4 Å². The van der Waals surface area contributed by atoms with E-state index in [2.05, 4.69) is 25.2 Å². The molecule has 0 amide bonds. The SMILES string of the molecule is Cc1noc(-c2cccnc2NC(C)c2ccc(OC(F)F)cc2)n1. The molecule has 2 heterocycles. The van der Waals surface area contributed by atoms with Crippen molar-refractivity contribution in [3.8, 4) is 17.2 Å². The Kier molecular flexibility index (Phi) is 4.87. The average Bonchev–Trinajstić information content (AvgIpc) is 3.02. The number of aromatic nitrogens is 3. The average molecular weight is 346 g/mol. The van der Waals surface area contributed by atoms with Crippen LogP contribution in [0.4, 0.5) is 14.6 Å². The number of nitrogens with zero attached hydrogens (tertiary/aromatic N) is 3. The molecule has 130 valence electrons. The molecule has 1 N–H and O–H groups in total. The van der Waals surface area contributed by atoms with E-state index >= 15 is 0 Å². The quantitative estimate of drug-likeness (QED) is 0.721. The Labute approximate surface area is 142 Å². The standard InChI is InChI=1S/C17H16F2N4O2/c1-10(12-5-7-13(8-6-12)24-17(18)19)21-15-14(4-3-9-20-15)16-22-11(2)23-25-16/h3-10,17H,1-2H3,(H,20,21). The van der Waals surface area contributed by atoms with Gasteiger partial charge in [0, 0.05) is 12.2 Å². The van der Waals surface area contributed by atoms with E-state index in [1.807, 2.05) is 13.0 Å². The predicted molar refractivity (Wildman–Crippen MR) is 87.4 cm³/mol. The number of anilines is 1. The molecule has 6 nitrogen and oxygen atoms in total. The fourth-order valence-corrected chi connectivity index (χ4v) is 2.33. The first-order valence-corrected chi connectivity index (χ1v) is 7.60. The largest absolute Gasteiger partial charge is 0.435 e. The van der Waals surface area contributed by atoms with Gasteiger partial charge in [0.15, 0.2) is 5.82 Å². The Balaban J connectivity index is 1.78. The minimum absolute atomic E-state index is 0.116. The summed E-state index contributed by atoms with van der Waals surface area (Å²) in [6.07, 6.45) is 1.65. The van der Waals surface area contributed by atoms with Gasteiger partial charge in [-0.1, -0.05) is 17.3 Å². The third-order valence-electron chi connectivity index (χ3n) is 3.52. The maximum atomic E-state index is 12.2. The third kappa shape index (κ3) is 4.09. The molecule has 1 atom stereocenters. The van der Waals surface area contributed by atoms with Crippen molar-refractivity contribution in [3.63, 3.8) is 0 Å². The smallest absolute Gasteiger partial charge is 0.387 e. The van der Waals surface area contributed by atoms with Crippen LogP contribution in [0, 0.1) is 6.92 Å². The Morgan fingerprint density at radius 2 is 1.92 bits per heavy atom. The van der Waals surface area contributed by atoms with Gasteiger partial charge in [0.1, 0.15) is 11.6 Å². The number of alkyl halides is 2. The van der Waals surface area contributed by atoms with Crippen LogP contribution in [0.25, 0.3) is 11.5 Å². The van der Waals surface area contributed by atoms with E-state index < -0.39 is 6.61 Å². The molecule has 0 spiro atoms. The molecule has 3 rings (SSSR count). The molecule has 0 bridgehead atoms. The second-order valence-corrected chi connectivity index (χ2v) is 5.36. The monoisotopic (exact) mass is 346 g/mol. The van der Waals surface area contributed by atoms with Crippen LogP contribution in [-0.4, -0.2) is 21.7 Å². The molecule has 0 fully saturated rings. The highest BCUT2D eigenvalue weighted by Crippen LogP contribution is 2.28. The Morgan fingerprint density at radius 3 is 2.56 bits per heavy atom. The summed E-state index contributed by atoms with van der Waals surface area (Å²) in [7, 11) is 0. The molecule has 3 aromatic rings. The summed E-state index contributed by atoms with van der Waals surface area (Å²) >= 11 is 0. The van der Waals surface area contributed by atoms with Crippen LogP contribution < -0.4 is 10.1 Å². The predicted octanol–water partition coefficient (Wildman–Crippen LogP) is 4.21. The van der Waals surface area contributed by atoms with E-state index in [0.29, 0.717) is 23.1 Å². The van der Waals surface area contributed by atoms with Gasteiger partial charge in [-0.25, -0.2) is 4.98 Å². The first kappa shape index (κ1) is 16.8. The normalized spacial score (nSPS) is 12.2. The minimum Gasteiger partial charge on any atom is -0.435 e. The number of benzene rings is 1. The number of halogens is 2. The molecular weight excluding hydrogens is 330 g/mol. The molecule has 0 radical (unpaired) electrons. The summed E-state index contributed by atoms with van der Waals surface area (Å²) < 4.78 is 34.0. The topological polar surface area (TPSA) is 73.1 Å². The van der Waals surface area contributed by atoms with Crippen molar-refractivity contribution < 1.29 is 18.0 Å². The van der Waals surface area contributed by atoms with Crippen LogP contribution in [0.3, 0.4) is 0 Å². The zero-order chi connectivity index (χ0) is 17.8. The molecule has 0 saturated carbocycles. The van der Waals surface area contributed by atoms with Crippen molar-refractivity contribution >= 4 is 5.82 Å². The lowest BCUT2D eigenvalue weighted by atomic mass is 10.1. The number of hydrogen-bond acceptors (Lipinski definition) is 6. The molecule has 1 unspecified atom stereocenters. The number of ether oxygens (including phenoxy) is 1. The summed E-state index contributed by atoms with van der Waals surface area (Å²) in [5.41, 5.74) is 1.58. The molecule has 2 aromatic heterocycles. The third-order valence-corrected chi connectivity index (χ3v) is 3.52. The maximum absolute atomic E-state index is 12.2. The molecule has 1 aromatic carbocycles. The van der Waals surface area contributed by atoms with Gasteiger partial charge in [-0.2, -0.15) is 13.8 Å². The molecule has 0 saturated heterocycles. The first-order valence-electron chi connectivity index (χ1n) is 7.60. The lowest BCUT2D eigenvalue weighted by molar-refractivity contribution is -0.0498. The number of pyridine rings is 1. The zero-order valence-electron chi connectivity index (χ0n) is 13.6. The molecule has 0 aliphatic carbocycles. The second kappa shape index (κ2) is 7.25. The number of aryl methyl sites for hydroxylation is 1. The van der Waals surface area contributed by atoms with Gasteiger partial charge in [0.2, 0.25) is 0 Å². The van der Waals surface area contributed by atoms with Crippen LogP contribution in [0.5, 0.6) is 5.75 Å². The fourth-order valence-electron chi connectivity index (χ4n) is 2.33. The number of hydrogen-bond donors (Lipinski definition) is 1. The molecule has 0 aliphatic rings. The van der Waals surface area contributed by atoms with Gasteiger partial charge in [0.05, 0.1) is 5.56 Å². The Bertz CT molecular complexity index is 837. The summed E-state index contributed by atoms with van der Waals surface area (Å²) in [6.45, 7) is 0.832. The molecule has 25 heavy (non-hydrogen) atoms. The van der Waals surface area contributed by atoms with E-state index in [4.69, 9.17) is 4.52 Å². The van der Waals surface area contributed by atoms with E-state index in [-0.39, 0.29) is 11.8 Å². The maximum Gasteiger partial charge on any atom is 0.387 e. The van der Waals surface area contributed by atoms with Gasteiger partial charge in [-0.05, 0) is 43.7 Å². The van der Waals surface area contributed by atoms with Gasteiger partial charge in [0.25, 0.3) is 5.89 Å². The fraction of sp³-hybridized carbons (Fsp3) is 0.235. The lowest BCUT2D eigenvalue weighted by Crippen LogP contribution is -2.09. The first-order chi connectivity index (χ1) is 12.0. The summed E-state index contributed by atoms with van der Waals surface area (Å²) in [5.74, 6) is 1.62. The zero-order valence-corrected chi connectivity index (χ0v) is 13.6. The summed E-state index contributed by atoms with van der Waals surface area (Å²) in [6, 6.07) is 9.92. The highest BCUT2D eigenvalue weighted by molar-refractivity contribution is 5.69. The van der Waals surface area contributed by atoms with Crippen LogP contribution >= 0.6 is 0 Å². The Morgan fingerprint density at radius 1 is 1.16 bits per heavy atom. The van der Waals surface area contributed by atoms with E-state index in [1.165, 1.54) is 12.1 Å². The second-order valence-electron chi connectivity index (χ2n) is 5.36. The van der Waals surface area contributed by atoms with Crippen molar-refractivity contribution in [2.45, 2.75) is 26.5 Å². The van der Waals surface area contributed by atoms with E-state index in [0.717, 1.165) is 5.56 Å². The molecule has 8 heteroatoms. The van der Waals surface area contributed by atoms with Crippen molar-refractivity contribution in [1.29, 1.82) is 0 Å². The van der Waals surface area contributed by atoms with Gasteiger partial charge < -0.3 is 14.6 Å². The highest BCUT2D eigenvalue weighted by Gasteiger charge is 2.15. The van der Waals surface area contributed by atoms with Crippen molar-refractivity contribution in [2.24, 2.45) is 0 Å². The number of nitrogens with one attached hydrogen (secondary N) is 1. The minimum atomic E-state index is -2.84. The Hall–Kier alpha value is -3.03. The lowest BCUT2D eigenvalue weighted by Gasteiger charge is -2.17. The van der Waals surface area contributed by atoms with Gasteiger partial charge >= 0.3 is 6.61 Å². The van der Waals surface area contributed by atoms with Crippen molar-refractivity contribution in [3.05, 3.63) is 54.0 Å². The van der Waals surface area contributed by atoms with Crippen LogP contribution in [0.2, 0.25) is 0 Å². The van der Waals surface area contributed by atoms with Crippen molar-refractivity contribution in [1.82, 2.24) is 15.1 Å². The van der Waals surface area contributed by atoms with Gasteiger partial charge in [-0.15, -0.1) is 0 Å². The summed E-state index contributed by atoms with van der Waals surface area (Å²) in [5, 5.41) is 7.05. The van der Waals surface area contributed by atoms with Crippen LogP contribution in [0.15, 0.2) is 47.1 Å². The molecule has 0 aliphatic heterocycles. The molecular formula is C17H16F2N4O2. The highest BCUT2D eigenvalue weighted by atomic mass is 19.3. The van der Waals surface area contributed by atoms with Crippen LogP contribution in [-0.2, 0) is 0 Å².